The number of hydrogen-bond donors (Lipinski definition) is 2. The lowest BCUT2D eigenvalue weighted by Gasteiger charge is -2.39. The van der Waals surface area contributed by atoms with Crippen molar-refractivity contribution in [1.29, 1.82) is 0 Å². The molecule has 0 unspecified atom stereocenters. The Hall–Kier alpha value is -3.33. The van der Waals surface area contributed by atoms with Gasteiger partial charge in [-0.3, -0.25) is 9.59 Å². The van der Waals surface area contributed by atoms with E-state index in [-0.39, 0.29) is 28.7 Å². The summed E-state index contributed by atoms with van der Waals surface area (Å²) in [6, 6.07) is 13.3. The van der Waals surface area contributed by atoms with Gasteiger partial charge < -0.3 is 16.0 Å². The molecule has 0 saturated heterocycles. The fraction of sp³-hybridized carbons (Fsp3) is 0.238. The molecule has 2 heterocycles. The SMILES string of the molecule is C[C@H]1C[C@H](C(N)=O)c2ccccc2N1Cc1nnc(C(=O)Nc2ccc(F)cc2)s1. The Balaban J connectivity index is 1.51. The Kier molecular flexibility index (Phi) is 5.45. The number of primary amides is 1. The number of anilines is 2. The predicted octanol–water partition coefficient (Wildman–Crippen LogP) is 3.30. The van der Waals surface area contributed by atoms with Crippen LogP contribution in [-0.4, -0.2) is 28.1 Å². The first-order valence-corrected chi connectivity index (χ1v) is 10.3. The van der Waals surface area contributed by atoms with Gasteiger partial charge in [-0.1, -0.05) is 29.5 Å². The highest BCUT2D eigenvalue weighted by Gasteiger charge is 2.33. The zero-order valence-electron chi connectivity index (χ0n) is 16.2. The Labute approximate surface area is 176 Å². The standard InChI is InChI=1S/C21H20FN5O2S/c1-12-10-16(19(23)28)15-4-2-3-5-17(15)27(12)11-18-25-26-21(30-18)20(29)24-14-8-6-13(22)7-9-14/h2-9,12,16H,10-11H2,1H3,(H2,23,28)(H,24,29)/t12-,16-/m0/s1. The number of hydrogen-bond acceptors (Lipinski definition) is 6. The van der Waals surface area contributed by atoms with Gasteiger partial charge in [-0.05, 0) is 49.2 Å². The minimum atomic E-state index is -0.397. The summed E-state index contributed by atoms with van der Waals surface area (Å²) < 4.78 is 13.0. The van der Waals surface area contributed by atoms with Crippen LogP contribution in [0.4, 0.5) is 15.8 Å². The van der Waals surface area contributed by atoms with Crippen LogP contribution in [0.1, 0.15) is 39.6 Å². The monoisotopic (exact) mass is 425 g/mol. The molecule has 2 atom stereocenters. The predicted molar refractivity (Wildman–Crippen MR) is 113 cm³/mol. The quantitative estimate of drug-likeness (QED) is 0.653. The second-order valence-corrected chi connectivity index (χ2v) is 8.25. The molecule has 0 fully saturated rings. The first-order valence-electron chi connectivity index (χ1n) is 9.46. The lowest BCUT2D eigenvalue weighted by Crippen LogP contribution is -2.41. The molecule has 2 amide bonds. The van der Waals surface area contributed by atoms with Crippen molar-refractivity contribution in [1.82, 2.24) is 10.2 Å². The summed E-state index contributed by atoms with van der Waals surface area (Å²) in [4.78, 5) is 26.5. The number of amides is 2. The van der Waals surface area contributed by atoms with Crippen molar-refractivity contribution in [3.8, 4) is 0 Å². The Morgan fingerprint density at radius 3 is 2.67 bits per heavy atom. The van der Waals surface area contributed by atoms with E-state index < -0.39 is 5.91 Å². The van der Waals surface area contributed by atoms with Gasteiger partial charge in [-0.2, -0.15) is 0 Å². The number of para-hydroxylation sites is 1. The van der Waals surface area contributed by atoms with Crippen LogP contribution in [0.25, 0.3) is 0 Å². The molecule has 9 heteroatoms. The van der Waals surface area contributed by atoms with Crippen molar-refractivity contribution in [3.63, 3.8) is 0 Å². The largest absolute Gasteiger partial charge is 0.369 e. The molecular formula is C21H20FN5O2S. The van der Waals surface area contributed by atoms with Crippen LogP contribution < -0.4 is 16.0 Å². The van der Waals surface area contributed by atoms with Crippen molar-refractivity contribution in [2.24, 2.45) is 5.73 Å². The molecule has 3 N–H and O–H groups in total. The molecule has 1 aromatic heterocycles. The van der Waals surface area contributed by atoms with E-state index in [0.29, 0.717) is 23.7 Å². The third kappa shape index (κ3) is 4.02. The van der Waals surface area contributed by atoms with E-state index >= 15 is 0 Å². The lowest BCUT2D eigenvalue weighted by atomic mass is 9.85. The first kappa shape index (κ1) is 20.0. The fourth-order valence-electron chi connectivity index (χ4n) is 3.66. The molecule has 0 aliphatic carbocycles. The number of nitrogens with one attached hydrogen (secondary N) is 1. The molecule has 2 aromatic carbocycles. The summed E-state index contributed by atoms with van der Waals surface area (Å²) in [5.41, 5.74) is 7.93. The minimum Gasteiger partial charge on any atom is -0.369 e. The van der Waals surface area contributed by atoms with E-state index in [2.05, 4.69) is 20.4 Å². The van der Waals surface area contributed by atoms with Crippen molar-refractivity contribution in [2.45, 2.75) is 31.8 Å². The Morgan fingerprint density at radius 1 is 1.20 bits per heavy atom. The van der Waals surface area contributed by atoms with Crippen LogP contribution in [0.2, 0.25) is 0 Å². The molecule has 1 aliphatic rings. The van der Waals surface area contributed by atoms with Gasteiger partial charge in [0.05, 0.1) is 12.5 Å². The molecule has 1 aliphatic heterocycles. The van der Waals surface area contributed by atoms with Crippen molar-refractivity contribution in [3.05, 3.63) is 69.9 Å². The molecular weight excluding hydrogens is 405 g/mol. The highest BCUT2D eigenvalue weighted by molar-refractivity contribution is 7.13. The van der Waals surface area contributed by atoms with Crippen LogP contribution in [0.5, 0.6) is 0 Å². The summed E-state index contributed by atoms with van der Waals surface area (Å²) in [5.74, 6) is -1.42. The molecule has 3 aromatic rings. The first-order chi connectivity index (χ1) is 14.4. The second kappa shape index (κ2) is 8.19. The van der Waals surface area contributed by atoms with Crippen LogP contribution >= 0.6 is 11.3 Å². The number of carbonyl (C=O) groups is 2. The van der Waals surface area contributed by atoms with Crippen LogP contribution in [0.3, 0.4) is 0 Å². The Bertz CT molecular complexity index is 1090. The summed E-state index contributed by atoms with van der Waals surface area (Å²) in [5, 5.41) is 11.7. The minimum absolute atomic E-state index is 0.0674. The number of fused-ring (bicyclic) bond motifs is 1. The third-order valence-electron chi connectivity index (χ3n) is 5.14. The van der Waals surface area contributed by atoms with E-state index in [4.69, 9.17) is 5.73 Å². The van der Waals surface area contributed by atoms with Gasteiger partial charge in [0.1, 0.15) is 10.8 Å². The molecule has 30 heavy (non-hydrogen) atoms. The highest BCUT2D eigenvalue weighted by atomic mass is 32.1. The molecule has 4 rings (SSSR count). The topological polar surface area (TPSA) is 101 Å². The average Bonchev–Trinajstić information content (AvgIpc) is 3.20. The van der Waals surface area contributed by atoms with Gasteiger partial charge in [0.15, 0.2) is 0 Å². The van der Waals surface area contributed by atoms with Gasteiger partial charge in [0.25, 0.3) is 5.91 Å². The number of carbonyl (C=O) groups excluding carboxylic acids is 2. The van der Waals surface area contributed by atoms with Gasteiger partial charge >= 0.3 is 0 Å². The van der Waals surface area contributed by atoms with E-state index in [9.17, 15) is 14.0 Å². The van der Waals surface area contributed by atoms with Crippen molar-refractivity contribution >= 4 is 34.5 Å². The molecule has 0 bridgehead atoms. The average molecular weight is 425 g/mol. The van der Waals surface area contributed by atoms with Gasteiger partial charge in [-0.15, -0.1) is 10.2 Å². The molecule has 7 nitrogen and oxygen atoms in total. The molecule has 0 saturated carbocycles. The zero-order chi connectivity index (χ0) is 21.3. The van der Waals surface area contributed by atoms with Crippen LogP contribution in [0, 0.1) is 5.82 Å². The van der Waals surface area contributed by atoms with Crippen LogP contribution in [-0.2, 0) is 11.3 Å². The maximum Gasteiger partial charge on any atom is 0.286 e. The fourth-order valence-corrected chi connectivity index (χ4v) is 4.39. The van der Waals surface area contributed by atoms with E-state index in [1.807, 2.05) is 31.2 Å². The summed E-state index contributed by atoms with van der Waals surface area (Å²) in [6.07, 6.45) is 0.614. The molecule has 0 spiro atoms. The maximum atomic E-state index is 13.0. The van der Waals surface area contributed by atoms with Crippen molar-refractivity contribution < 1.29 is 14.0 Å². The lowest BCUT2D eigenvalue weighted by molar-refractivity contribution is -0.119. The van der Waals surface area contributed by atoms with E-state index in [1.54, 1.807) is 0 Å². The van der Waals surface area contributed by atoms with Gasteiger partial charge in [-0.25, -0.2) is 4.39 Å². The number of halogens is 1. The zero-order valence-corrected chi connectivity index (χ0v) is 17.0. The second-order valence-electron chi connectivity index (χ2n) is 7.19. The van der Waals surface area contributed by atoms with E-state index in [0.717, 1.165) is 11.3 Å². The number of rotatable bonds is 5. The third-order valence-corrected chi connectivity index (χ3v) is 6.05. The number of benzene rings is 2. The number of aromatic nitrogens is 2. The summed E-state index contributed by atoms with van der Waals surface area (Å²) >= 11 is 1.20. The Morgan fingerprint density at radius 2 is 1.93 bits per heavy atom. The van der Waals surface area contributed by atoms with Crippen LogP contribution in [0.15, 0.2) is 48.5 Å². The normalized spacial score (nSPS) is 18.0. The summed E-state index contributed by atoms with van der Waals surface area (Å²) in [6.45, 7) is 2.50. The van der Waals surface area contributed by atoms with Crippen molar-refractivity contribution in [2.75, 3.05) is 10.2 Å². The van der Waals surface area contributed by atoms with Gasteiger partial charge in [0.2, 0.25) is 10.9 Å². The molecule has 154 valence electrons. The highest BCUT2D eigenvalue weighted by Crippen LogP contribution is 2.39. The smallest absolute Gasteiger partial charge is 0.286 e. The number of nitrogens with two attached hydrogens (primary N) is 1. The maximum absolute atomic E-state index is 13.0. The molecule has 0 radical (unpaired) electrons. The number of nitrogens with zero attached hydrogens (tertiary/aromatic N) is 3. The van der Waals surface area contributed by atoms with E-state index in [1.165, 1.54) is 35.6 Å². The summed E-state index contributed by atoms with van der Waals surface area (Å²) in [7, 11) is 0. The van der Waals surface area contributed by atoms with Gasteiger partial charge in [0, 0.05) is 17.4 Å².